The van der Waals surface area contributed by atoms with E-state index in [-0.39, 0.29) is 0 Å². The fourth-order valence-electron chi connectivity index (χ4n) is 2.64. The van der Waals surface area contributed by atoms with Crippen LogP contribution in [0, 0.1) is 0 Å². The lowest BCUT2D eigenvalue weighted by molar-refractivity contribution is 0.414. The molecule has 2 aromatic rings. The molecule has 0 saturated heterocycles. The molecule has 0 unspecified atom stereocenters. The van der Waals surface area contributed by atoms with Gasteiger partial charge in [-0.25, -0.2) is 4.98 Å². The van der Waals surface area contributed by atoms with Gasteiger partial charge in [-0.05, 0) is 24.3 Å². The van der Waals surface area contributed by atoms with Crippen LogP contribution in [-0.2, 0) is 19.4 Å². The third-order valence-corrected chi connectivity index (χ3v) is 3.60. The monoisotopic (exact) mass is 257 g/mol. The first-order valence-corrected chi connectivity index (χ1v) is 6.78. The van der Waals surface area contributed by atoms with Gasteiger partial charge in [0.1, 0.15) is 11.6 Å². The normalized spacial score (nSPS) is 14.2. The van der Waals surface area contributed by atoms with Gasteiger partial charge >= 0.3 is 0 Å². The maximum atomic E-state index is 5.22. The van der Waals surface area contributed by atoms with Crippen LogP contribution >= 0.6 is 0 Å². The van der Waals surface area contributed by atoms with E-state index in [0.29, 0.717) is 0 Å². The minimum absolute atomic E-state index is 0.880. The number of aromatic nitrogens is 2. The lowest BCUT2D eigenvalue weighted by Gasteiger charge is -2.16. The van der Waals surface area contributed by atoms with Crippen molar-refractivity contribution < 1.29 is 4.74 Å². The number of benzene rings is 1. The number of imidazole rings is 1. The topological polar surface area (TPSA) is 39.1 Å². The van der Waals surface area contributed by atoms with Crippen LogP contribution < -0.4 is 10.1 Å². The Morgan fingerprint density at radius 1 is 1.32 bits per heavy atom. The number of rotatable bonds is 3. The minimum Gasteiger partial charge on any atom is -0.497 e. The zero-order valence-electron chi connectivity index (χ0n) is 11.4. The smallest absolute Gasteiger partial charge is 0.119 e. The Bertz CT molecular complexity index is 572. The summed E-state index contributed by atoms with van der Waals surface area (Å²) >= 11 is 0. The number of methoxy groups -OCH3 is 1. The van der Waals surface area contributed by atoms with E-state index in [2.05, 4.69) is 28.9 Å². The van der Waals surface area contributed by atoms with Crippen LogP contribution in [0.1, 0.15) is 24.1 Å². The van der Waals surface area contributed by atoms with E-state index in [4.69, 9.17) is 9.72 Å². The SMILES string of the molecule is CCc1nc2c(n1-c1ccc(OC)cc1)CCNC2. The summed E-state index contributed by atoms with van der Waals surface area (Å²) in [5, 5.41) is 3.38. The van der Waals surface area contributed by atoms with Gasteiger partial charge in [-0.15, -0.1) is 0 Å². The fraction of sp³-hybridized carbons (Fsp3) is 0.400. The number of ether oxygens (including phenoxy) is 1. The second-order valence-corrected chi connectivity index (χ2v) is 4.74. The maximum absolute atomic E-state index is 5.22. The molecule has 1 aliphatic heterocycles. The van der Waals surface area contributed by atoms with Gasteiger partial charge in [-0.1, -0.05) is 6.92 Å². The van der Waals surface area contributed by atoms with Crippen molar-refractivity contribution in [2.45, 2.75) is 26.3 Å². The Hall–Kier alpha value is -1.81. The average molecular weight is 257 g/mol. The highest BCUT2D eigenvalue weighted by atomic mass is 16.5. The molecule has 0 radical (unpaired) electrons. The predicted octanol–water partition coefficient (Wildman–Crippen LogP) is 2.09. The van der Waals surface area contributed by atoms with E-state index in [1.165, 1.54) is 17.1 Å². The van der Waals surface area contributed by atoms with Crippen molar-refractivity contribution in [2.75, 3.05) is 13.7 Å². The zero-order valence-corrected chi connectivity index (χ0v) is 11.4. The Balaban J connectivity index is 2.09. The summed E-state index contributed by atoms with van der Waals surface area (Å²) in [5.41, 5.74) is 3.72. The minimum atomic E-state index is 0.880. The van der Waals surface area contributed by atoms with Gasteiger partial charge in [-0.3, -0.25) is 0 Å². The lowest BCUT2D eigenvalue weighted by Crippen LogP contribution is -2.24. The van der Waals surface area contributed by atoms with Gasteiger partial charge in [0.2, 0.25) is 0 Å². The van der Waals surface area contributed by atoms with Crippen molar-refractivity contribution in [3.8, 4) is 11.4 Å². The van der Waals surface area contributed by atoms with Crippen LogP contribution in [0.25, 0.3) is 5.69 Å². The molecule has 0 aliphatic carbocycles. The summed E-state index contributed by atoms with van der Waals surface area (Å²) in [6, 6.07) is 8.20. The number of nitrogens with zero attached hydrogens (tertiary/aromatic N) is 2. The second-order valence-electron chi connectivity index (χ2n) is 4.74. The summed E-state index contributed by atoms with van der Waals surface area (Å²) in [6.45, 7) is 4.06. The molecule has 0 bridgehead atoms. The molecular formula is C15H19N3O. The first-order chi connectivity index (χ1) is 9.33. The number of aryl methyl sites for hydroxylation is 1. The first kappa shape index (κ1) is 12.2. The van der Waals surface area contributed by atoms with Gasteiger partial charge in [-0.2, -0.15) is 0 Å². The number of hydrogen-bond acceptors (Lipinski definition) is 3. The molecule has 0 saturated carbocycles. The molecule has 2 heterocycles. The molecule has 4 heteroatoms. The second kappa shape index (κ2) is 5.05. The van der Waals surface area contributed by atoms with E-state index in [0.717, 1.165) is 37.5 Å². The maximum Gasteiger partial charge on any atom is 0.119 e. The predicted molar refractivity (Wildman–Crippen MR) is 74.9 cm³/mol. The van der Waals surface area contributed by atoms with E-state index < -0.39 is 0 Å². The van der Waals surface area contributed by atoms with Crippen molar-refractivity contribution in [2.24, 2.45) is 0 Å². The van der Waals surface area contributed by atoms with Gasteiger partial charge in [0.15, 0.2) is 0 Å². The zero-order chi connectivity index (χ0) is 13.2. The van der Waals surface area contributed by atoms with Gasteiger partial charge in [0.05, 0.1) is 12.8 Å². The van der Waals surface area contributed by atoms with Gasteiger partial charge in [0, 0.05) is 37.3 Å². The van der Waals surface area contributed by atoms with E-state index >= 15 is 0 Å². The van der Waals surface area contributed by atoms with E-state index in [9.17, 15) is 0 Å². The molecule has 3 rings (SSSR count). The summed E-state index contributed by atoms with van der Waals surface area (Å²) in [4.78, 5) is 4.76. The average Bonchev–Trinajstić information content (AvgIpc) is 2.86. The van der Waals surface area contributed by atoms with Crippen molar-refractivity contribution in [3.05, 3.63) is 41.5 Å². The molecule has 100 valence electrons. The molecule has 0 spiro atoms. The quantitative estimate of drug-likeness (QED) is 0.915. The summed E-state index contributed by atoms with van der Waals surface area (Å²) in [6.07, 6.45) is 1.98. The molecular weight excluding hydrogens is 238 g/mol. The molecule has 1 N–H and O–H groups in total. The molecule has 4 nitrogen and oxygen atoms in total. The van der Waals surface area contributed by atoms with Crippen LogP contribution in [0.5, 0.6) is 5.75 Å². The number of fused-ring (bicyclic) bond motifs is 1. The lowest BCUT2D eigenvalue weighted by atomic mass is 10.1. The standard InChI is InChI=1S/C15H19N3O/c1-3-15-17-13-10-16-9-8-14(13)18(15)11-4-6-12(19-2)7-5-11/h4-7,16H,3,8-10H2,1-2H3. The Morgan fingerprint density at radius 2 is 2.11 bits per heavy atom. The molecule has 1 aromatic heterocycles. The Kier molecular flexibility index (Phi) is 3.25. The third-order valence-electron chi connectivity index (χ3n) is 3.60. The number of nitrogens with one attached hydrogen (secondary N) is 1. The highest BCUT2D eigenvalue weighted by Gasteiger charge is 2.19. The molecule has 0 fully saturated rings. The van der Waals surface area contributed by atoms with Crippen molar-refractivity contribution >= 4 is 0 Å². The molecule has 1 aliphatic rings. The van der Waals surface area contributed by atoms with Crippen molar-refractivity contribution in [1.29, 1.82) is 0 Å². The van der Waals surface area contributed by atoms with Crippen LogP contribution in [-0.4, -0.2) is 23.2 Å². The number of hydrogen-bond donors (Lipinski definition) is 1. The molecule has 19 heavy (non-hydrogen) atoms. The highest BCUT2D eigenvalue weighted by molar-refractivity contribution is 5.42. The Morgan fingerprint density at radius 3 is 2.79 bits per heavy atom. The van der Waals surface area contributed by atoms with Crippen LogP contribution in [0.15, 0.2) is 24.3 Å². The van der Waals surface area contributed by atoms with Crippen molar-refractivity contribution in [1.82, 2.24) is 14.9 Å². The molecule has 1 aromatic carbocycles. The van der Waals surface area contributed by atoms with Gasteiger partial charge < -0.3 is 14.6 Å². The Labute approximate surface area is 113 Å². The van der Waals surface area contributed by atoms with Gasteiger partial charge in [0.25, 0.3) is 0 Å². The van der Waals surface area contributed by atoms with E-state index in [1.807, 2.05) is 12.1 Å². The van der Waals surface area contributed by atoms with E-state index in [1.54, 1.807) is 7.11 Å². The summed E-state index contributed by atoms with van der Waals surface area (Å²) in [5.74, 6) is 2.02. The van der Waals surface area contributed by atoms with Crippen molar-refractivity contribution in [3.63, 3.8) is 0 Å². The highest BCUT2D eigenvalue weighted by Crippen LogP contribution is 2.23. The molecule has 0 amide bonds. The van der Waals surface area contributed by atoms with Crippen LogP contribution in [0.2, 0.25) is 0 Å². The molecule has 0 atom stereocenters. The van der Waals surface area contributed by atoms with Crippen LogP contribution in [0.4, 0.5) is 0 Å². The summed E-state index contributed by atoms with van der Waals surface area (Å²) < 4.78 is 7.52. The fourth-order valence-corrected chi connectivity index (χ4v) is 2.64. The largest absolute Gasteiger partial charge is 0.497 e. The van der Waals surface area contributed by atoms with Crippen LogP contribution in [0.3, 0.4) is 0 Å². The third kappa shape index (κ3) is 2.12. The summed E-state index contributed by atoms with van der Waals surface area (Å²) in [7, 11) is 1.69. The first-order valence-electron chi connectivity index (χ1n) is 6.78.